The van der Waals surface area contributed by atoms with E-state index in [4.69, 9.17) is 11.6 Å². The van der Waals surface area contributed by atoms with Crippen molar-refractivity contribution >= 4 is 23.1 Å². The summed E-state index contributed by atoms with van der Waals surface area (Å²) in [6.45, 7) is 3.90. The van der Waals surface area contributed by atoms with E-state index in [1.54, 1.807) is 18.3 Å². The van der Waals surface area contributed by atoms with Gasteiger partial charge in [0.2, 0.25) is 5.82 Å². The van der Waals surface area contributed by atoms with E-state index in [1.165, 1.54) is 0 Å². The SMILES string of the molecule is FC(F)c1nnc2ccc(N3CCN(Cc4ccc(Cl)cn4)CC3)nn12. The molecule has 3 aromatic rings. The van der Waals surface area contributed by atoms with Crippen LogP contribution in [0.5, 0.6) is 0 Å². The minimum atomic E-state index is -2.71. The van der Waals surface area contributed by atoms with Crippen molar-refractivity contribution in [2.75, 3.05) is 31.1 Å². The summed E-state index contributed by atoms with van der Waals surface area (Å²) < 4.78 is 27.1. The average molecular weight is 380 g/mol. The third-order valence-electron chi connectivity index (χ3n) is 4.34. The van der Waals surface area contributed by atoms with Crippen molar-refractivity contribution in [2.45, 2.75) is 13.0 Å². The van der Waals surface area contributed by atoms with E-state index < -0.39 is 12.2 Å². The van der Waals surface area contributed by atoms with Gasteiger partial charge in [0.05, 0.1) is 10.7 Å². The van der Waals surface area contributed by atoms with Crippen LogP contribution in [0.25, 0.3) is 5.65 Å². The first-order chi connectivity index (χ1) is 12.6. The van der Waals surface area contributed by atoms with Crippen molar-refractivity contribution in [1.82, 2.24) is 29.7 Å². The van der Waals surface area contributed by atoms with Gasteiger partial charge in [-0.2, -0.15) is 4.52 Å². The van der Waals surface area contributed by atoms with Crippen LogP contribution in [0.4, 0.5) is 14.6 Å². The van der Waals surface area contributed by atoms with Crippen molar-refractivity contribution in [3.63, 3.8) is 0 Å². The Morgan fingerprint density at radius 2 is 1.85 bits per heavy atom. The van der Waals surface area contributed by atoms with Crippen LogP contribution in [0, 0.1) is 0 Å². The maximum Gasteiger partial charge on any atom is 0.299 e. The Morgan fingerprint density at radius 3 is 2.54 bits per heavy atom. The lowest BCUT2D eigenvalue weighted by atomic mass is 10.2. The van der Waals surface area contributed by atoms with Crippen LogP contribution in [0.15, 0.2) is 30.5 Å². The summed E-state index contributed by atoms with van der Waals surface area (Å²) in [7, 11) is 0. The summed E-state index contributed by atoms with van der Waals surface area (Å²) in [6.07, 6.45) is -1.07. The Morgan fingerprint density at radius 1 is 1.04 bits per heavy atom. The van der Waals surface area contributed by atoms with Gasteiger partial charge in [0.1, 0.15) is 5.82 Å². The molecular weight excluding hydrogens is 364 g/mol. The lowest BCUT2D eigenvalue weighted by Gasteiger charge is -2.35. The summed E-state index contributed by atoms with van der Waals surface area (Å²) in [5.41, 5.74) is 1.28. The molecule has 0 aliphatic carbocycles. The Kier molecular flexibility index (Phi) is 4.64. The molecule has 136 valence electrons. The monoisotopic (exact) mass is 379 g/mol. The second-order valence-corrected chi connectivity index (χ2v) is 6.49. The van der Waals surface area contributed by atoms with Crippen molar-refractivity contribution in [3.05, 3.63) is 47.0 Å². The third kappa shape index (κ3) is 3.45. The molecule has 0 N–H and O–H groups in total. The number of anilines is 1. The number of halogens is 3. The Bertz CT molecular complexity index is 891. The molecule has 0 saturated carbocycles. The van der Waals surface area contributed by atoms with E-state index in [0.717, 1.165) is 42.9 Å². The molecule has 3 aromatic heterocycles. The molecule has 0 amide bonds. The van der Waals surface area contributed by atoms with Crippen LogP contribution in [0.2, 0.25) is 5.02 Å². The Balaban J connectivity index is 1.43. The third-order valence-corrected chi connectivity index (χ3v) is 4.56. The van der Waals surface area contributed by atoms with E-state index in [2.05, 4.69) is 30.1 Å². The molecule has 1 aliphatic rings. The zero-order valence-electron chi connectivity index (χ0n) is 13.8. The quantitative estimate of drug-likeness (QED) is 0.694. The molecular formula is C16H16ClF2N7. The molecule has 7 nitrogen and oxygen atoms in total. The fourth-order valence-corrected chi connectivity index (χ4v) is 3.08. The van der Waals surface area contributed by atoms with Gasteiger partial charge >= 0.3 is 0 Å². The largest absolute Gasteiger partial charge is 0.353 e. The highest BCUT2D eigenvalue weighted by Gasteiger charge is 2.21. The predicted octanol–water partition coefficient (Wildman–Crippen LogP) is 2.43. The second kappa shape index (κ2) is 7.08. The molecule has 4 rings (SSSR count). The van der Waals surface area contributed by atoms with Gasteiger partial charge in [0.15, 0.2) is 5.65 Å². The van der Waals surface area contributed by atoms with E-state index in [9.17, 15) is 8.78 Å². The van der Waals surface area contributed by atoms with E-state index in [0.29, 0.717) is 16.5 Å². The lowest BCUT2D eigenvalue weighted by molar-refractivity contribution is 0.137. The number of piperazine rings is 1. The molecule has 0 unspecified atom stereocenters. The molecule has 0 aromatic carbocycles. The molecule has 0 atom stereocenters. The van der Waals surface area contributed by atoms with Gasteiger partial charge in [-0.3, -0.25) is 9.88 Å². The fraction of sp³-hybridized carbons (Fsp3) is 0.375. The number of alkyl halides is 2. The fourth-order valence-electron chi connectivity index (χ4n) is 2.96. The molecule has 1 saturated heterocycles. The van der Waals surface area contributed by atoms with Crippen LogP contribution in [0.1, 0.15) is 17.9 Å². The van der Waals surface area contributed by atoms with Gasteiger partial charge in [0, 0.05) is 38.9 Å². The number of pyridine rings is 1. The smallest absolute Gasteiger partial charge is 0.299 e. The molecule has 10 heteroatoms. The van der Waals surface area contributed by atoms with Crippen molar-refractivity contribution in [1.29, 1.82) is 0 Å². The Hall–Kier alpha value is -2.39. The minimum Gasteiger partial charge on any atom is -0.353 e. The number of aromatic nitrogens is 5. The minimum absolute atomic E-state index is 0.316. The average Bonchev–Trinajstić information content (AvgIpc) is 3.08. The summed E-state index contributed by atoms with van der Waals surface area (Å²) in [6, 6.07) is 7.20. The molecule has 0 bridgehead atoms. The van der Waals surface area contributed by atoms with E-state index in [-0.39, 0.29) is 0 Å². The zero-order chi connectivity index (χ0) is 18.1. The first kappa shape index (κ1) is 17.0. The van der Waals surface area contributed by atoms with Gasteiger partial charge in [-0.1, -0.05) is 11.6 Å². The highest BCUT2D eigenvalue weighted by molar-refractivity contribution is 6.30. The van der Waals surface area contributed by atoms with Crippen LogP contribution in [0.3, 0.4) is 0 Å². The normalized spacial score (nSPS) is 15.9. The molecule has 0 spiro atoms. The molecule has 1 fully saturated rings. The van der Waals surface area contributed by atoms with Gasteiger partial charge in [0.25, 0.3) is 6.43 Å². The van der Waals surface area contributed by atoms with Gasteiger partial charge < -0.3 is 4.90 Å². The van der Waals surface area contributed by atoms with Gasteiger partial charge in [-0.25, -0.2) is 8.78 Å². The highest BCUT2D eigenvalue weighted by Crippen LogP contribution is 2.20. The molecule has 1 aliphatic heterocycles. The van der Waals surface area contributed by atoms with Gasteiger partial charge in [-0.15, -0.1) is 15.3 Å². The van der Waals surface area contributed by atoms with Crippen LogP contribution in [-0.2, 0) is 6.54 Å². The molecule has 26 heavy (non-hydrogen) atoms. The number of nitrogens with zero attached hydrogens (tertiary/aromatic N) is 7. The van der Waals surface area contributed by atoms with Crippen LogP contribution in [-0.4, -0.2) is 55.9 Å². The van der Waals surface area contributed by atoms with Crippen LogP contribution >= 0.6 is 11.6 Å². The second-order valence-electron chi connectivity index (χ2n) is 6.05. The standard InChI is InChI=1S/C16H16ClF2N7/c17-11-1-2-12(20-9-11)10-24-5-7-25(8-6-24)14-4-3-13-21-22-16(15(18)19)26(13)23-14/h1-4,9,15H,5-8,10H2. The first-order valence-corrected chi connectivity index (χ1v) is 8.56. The topological polar surface area (TPSA) is 62.5 Å². The van der Waals surface area contributed by atoms with Crippen LogP contribution < -0.4 is 4.90 Å². The van der Waals surface area contributed by atoms with E-state index >= 15 is 0 Å². The molecule has 4 heterocycles. The maximum absolute atomic E-state index is 13.0. The van der Waals surface area contributed by atoms with Gasteiger partial charge in [-0.05, 0) is 24.3 Å². The first-order valence-electron chi connectivity index (χ1n) is 8.18. The highest BCUT2D eigenvalue weighted by atomic mass is 35.5. The van der Waals surface area contributed by atoms with E-state index in [1.807, 2.05) is 12.1 Å². The number of fused-ring (bicyclic) bond motifs is 1. The number of hydrogen-bond acceptors (Lipinski definition) is 6. The molecule has 0 radical (unpaired) electrons. The number of rotatable bonds is 4. The Labute approximate surface area is 153 Å². The van der Waals surface area contributed by atoms with Crippen molar-refractivity contribution in [3.8, 4) is 0 Å². The summed E-state index contributed by atoms with van der Waals surface area (Å²) in [4.78, 5) is 8.67. The van der Waals surface area contributed by atoms with Crippen molar-refractivity contribution < 1.29 is 8.78 Å². The maximum atomic E-state index is 13.0. The summed E-state index contributed by atoms with van der Waals surface area (Å²) >= 11 is 5.86. The summed E-state index contributed by atoms with van der Waals surface area (Å²) in [5, 5.41) is 12.1. The van der Waals surface area contributed by atoms with Crippen molar-refractivity contribution in [2.24, 2.45) is 0 Å². The number of hydrogen-bond donors (Lipinski definition) is 0. The summed E-state index contributed by atoms with van der Waals surface area (Å²) in [5.74, 6) is 0.206. The zero-order valence-corrected chi connectivity index (χ0v) is 14.5. The predicted molar refractivity (Wildman–Crippen MR) is 92.5 cm³/mol. The lowest BCUT2D eigenvalue weighted by Crippen LogP contribution is -2.46.